The second kappa shape index (κ2) is 6.56. The number of benzene rings is 1. The third-order valence-electron chi connectivity index (χ3n) is 4.49. The zero-order chi connectivity index (χ0) is 18.3. The van der Waals surface area contributed by atoms with Gasteiger partial charge in [-0.25, -0.2) is 18.7 Å². The number of alkyl halides is 2. The first-order valence-corrected chi connectivity index (χ1v) is 8.21. The number of nitrogens with zero attached hydrogens (tertiary/aromatic N) is 5. The first-order chi connectivity index (χ1) is 12.6. The van der Waals surface area contributed by atoms with Crippen LogP contribution in [0.5, 0.6) is 0 Å². The van der Waals surface area contributed by atoms with Crippen LogP contribution in [0.25, 0.3) is 10.9 Å². The summed E-state index contributed by atoms with van der Waals surface area (Å²) < 4.78 is 37.5. The molecule has 136 valence electrons. The van der Waals surface area contributed by atoms with E-state index in [4.69, 9.17) is 9.26 Å². The maximum Gasteiger partial charge on any atom is 0.297 e. The third-order valence-corrected chi connectivity index (χ3v) is 4.49. The van der Waals surface area contributed by atoms with Crippen LogP contribution >= 0.6 is 0 Å². The van der Waals surface area contributed by atoms with Crippen LogP contribution in [-0.2, 0) is 4.74 Å². The molecule has 26 heavy (non-hydrogen) atoms. The number of fused-ring (bicyclic) bond motifs is 1. The highest BCUT2D eigenvalue weighted by Gasteiger charge is 2.38. The predicted octanol–water partition coefficient (Wildman–Crippen LogP) is 3.23. The van der Waals surface area contributed by atoms with E-state index in [1.807, 2.05) is 17.0 Å². The molecule has 4 rings (SSSR count). The highest BCUT2D eigenvalue weighted by atomic mass is 19.3. The lowest BCUT2D eigenvalue weighted by atomic mass is 10.2. The van der Waals surface area contributed by atoms with Gasteiger partial charge in [0.25, 0.3) is 6.43 Å². The lowest BCUT2D eigenvalue weighted by Gasteiger charge is -2.24. The minimum Gasteiger partial charge on any atom is -0.380 e. The fourth-order valence-electron chi connectivity index (χ4n) is 3.28. The van der Waals surface area contributed by atoms with E-state index in [2.05, 4.69) is 20.1 Å². The standard InChI is InChI=1S/C17H17F2N5O2/c1-9-20-17(26-23-9)13-7-10(25-2)8-24(13)16-11-5-3-4-6-12(11)21-15(22-16)14(18)19/h3-6,10,13-14H,7-8H2,1-2H3. The summed E-state index contributed by atoms with van der Waals surface area (Å²) in [6.45, 7) is 2.21. The smallest absolute Gasteiger partial charge is 0.297 e. The van der Waals surface area contributed by atoms with Gasteiger partial charge in [-0.2, -0.15) is 4.98 Å². The average molecular weight is 361 g/mol. The summed E-state index contributed by atoms with van der Waals surface area (Å²) in [5.74, 6) is 0.858. The number of ether oxygens (including phenoxy) is 1. The summed E-state index contributed by atoms with van der Waals surface area (Å²) in [7, 11) is 1.62. The van der Waals surface area contributed by atoms with E-state index in [0.29, 0.717) is 41.4 Å². The van der Waals surface area contributed by atoms with E-state index in [1.165, 1.54) is 0 Å². The Kier molecular flexibility index (Phi) is 4.23. The lowest BCUT2D eigenvalue weighted by Crippen LogP contribution is -2.26. The van der Waals surface area contributed by atoms with Gasteiger partial charge >= 0.3 is 0 Å². The monoisotopic (exact) mass is 361 g/mol. The second-order valence-electron chi connectivity index (χ2n) is 6.16. The van der Waals surface area contributed by atoms with Gasteiger partial charge in [0, 0.05) is 25.5 Å². The summed E-state index contributed by atoms with van der Waals surface area (Å²) in [6, 6.07) is 6.80. The third kappa shape index (κ3) is 2.88. The normalized spacial score (nSPS) is 20.4. The molecule has 0 bridgehead atoms. The van der Waals surface area contributed by atoms with Crippen molar-refractivity contribution in [2.24, 2.45) is 0 Å². The molecule has 0 amide bonds. The van der Waals surface area contributed by atoms with Crippen molar-refractivity contribution in [1.82, 2.24) is 20.1 Å². The van der Waals surface area contributed by atoms with Gasteiger partial charge in [-0.1, -0.05) is 17.3 Å². The number of halogens is 2. The largest absolute Gasteiger partial charge is 0.380 e. The molecule has 1 fully saturated rings. The summed E-state index contributed by atoms with van der Waals surface area (Å²) in [5, 5.41) is 4.53. The van der Waals surface area contributed by atoms with Crippen LogP contribution in [0.1, 0.15) is 36.4 Å². The number of rotatable bonds is 4. The van der Waals surface area contributed by atoms with Gasteiger partial charge in [0.15, 0.2) is 11.6 Å². The Morgan fingerprint density at radius 1 is 1.23 bits per heavy atom. The number of aryl methyl sites for hydroxylation is 1. The minimum absolute atomic E-state index is 0.101. The number of anilines is 1. The molecule has 2 unspecified atom stereocenters. The second-order valence-corrected chi connectivity index (χ2v) is 6.16. The fraction of sp³-hybridized carbons (Fsp3) is 0.412. The van der Waals surface area contributed by atoms with Crippen LogP contribution in [-0.4, -0.2) is 39.9 Å². The van der Waals surface area contributed by atoms with Gasteiger partial charge in [0.1, 0.15) is 11.9 Å². The Bertz CT molecular complexity index is 932. The first-order valence-electron chi connectivity index (χ1n) is 8.21. The maximum absolute atomic E-state index is 13.3. The molecule has 2 aromatic heterocycles. The van der Waals surface area contributed by atoms with E-state index in [-0.39, 0.29) is 12.1 Å². The van der Waals surface area contributed by atoms with Crippen molar-refractivity contribution in [3.63, 3.8) is 0 Å². The van der Waals surface area contributed by atoms with Gasteiger partial charge in [0.05, 0.1) is 11.6 Å². The van der Waals surface area contributed by atoms with E-state index in [0.717, 1.165) is 0 Å². The Morgan fingerprint density at radius 2 is 2.04 bits per heavy atom. The molecule has 1 aliphatic rings. The van der Waals surface area contributed by atoms with Crippen LogP contribution in [0, 0.1) is 6.92 Å². The van der Waals surface area contributed by atoms with Crippen molar-refractivity contribution >= 4 is 16.7 Å². The average Bonchev–Trinajstić information content (AvgIpc) is 3.26. The van der Waals surface area contributed by atoms with Crippen molar-refractivity contribution in [3.8, 4) is 0 Å². The molecule has 1 aliphatic heterocycles. The molecule has 0 N–H and O–H groups in total. The summed E-state index contributed by atoms with van der Waals surface area (Å²) >= 11 is 0. The quantitative estimate of drug-likeness (QED) is 0.706. The van der Waals surface area contributed by atoms with Crippen LogP contribution in [0.3, 0.4) is 0 Å². The van der Waals surface area contributed by atoms with E-state index in [9.17, 15) is 8.78 Å². The molecule has 0 spiro atoms. The molecule has 1 saturated heterocycles. The summed E-state index contributed by atoms with van der Waals surface area (Å²) in [5.41, 5.74) is 0.467. The van der Waals surface area contributed by atoms with E-state index < -0.39 is 12.2 Å². The lowest BCUT2D eigenvalue weighted by molar-refractivity contribution is 0.117. The van der Waals surface area contributed by atoms with Crippen LogP contribution in [0.4, 0.5) is 14.6 Å². The topological polar surface area (TPSA) is 77.2 Å². The molecular formula is C17H17F2N5O2. The maximum atomic E-state index is 13.3. The molecule has 3 aromatic rings. The molecule has 0 saturated carbocycles. The molecule has 2 atom stereocenters. The van der Waals surface area contributed by atoms with Crippen LogP contribution in [0.15, 0.2) is 28.8 Å². The number of hydrogen-bond donors (Lipinski definition) is 0. The Morgan fingerprint density at radius 3 is 2.73 bits per heavy atom. The number of aromatic nitrogens is 4. The SMILES string of the molecule is COC1CC(c2nc(C)no2)N(c2nc(C(F)F)nc3ccccc23)C1. The van der Waals surface area contributed by atoms with Crippen molar-refractivity contribution in [1.29, 1.82) is 0 Å². The van der Waals surface area contributed by atoms with Gasteiger partial charge in [-0.15, -0.1) is 0 Å². The highest BCUT2D eigenvalue weighted by Crippen LogP contribution is 2.39. The van der Waals surface area contributed by atoms with Gasteiger partial charge in [-0.3, -0.25) is 0 Å². The molecule has 1 aromatic carbocycles. The zero-order valence-electron chi connectivity index (χ0n) is 14.3. The number of para-hydroxylation sites is 1. The minimum atomic E-state index is -2.76. The van der Waals surface area contributed by atoms with Crippen molar-refractivity contribution in [2.75, 3.05) is 18.6 Å². The summed E-state index contributed by atoms with van der Waals surface area (Å²) in [6.07, 6.45) is -2.26. The highest BCUT2D eigenvalue weighted by molar-refractivity contribution is 5.89. The van der Waals surface area contributed by atoms with Crippen molar-refractivity contribution in [3.05, 3.63) is 41.8 Å². The number of methoxy groups -OCH3 is 1. The van der Waals surface area contributed by atoms with Crippen LogP contribution < -0.4 is 4.90 Å². The van der Waals surface area contributed by atoms with Gasteiger partial charge in [0.2, 0.25) is 5.89 Å². The van der Waals surface area contributed by atoms with Crippen molar-refractivity contribution in [2.45, 2.75) is 31.9 Å². The number of hydrogen-bond acceptors (Lipinski definition) is 7. The molecular weight excluding hydrogens is 344 g/mol. The first kappa shape index (κ1) is 16.8. The van der Waals surface area contributed by atoms with E-state index >= 15 is 0 Å². The Hall–Kier alpha value is -2.68. The molecule has 7 nitrogen and oxygen atoms in total. The van der Waals surface area contributed by atoms with Crippen molar-refractivity contribution < 1.29 is 18.0 Å². The fourth-order valence-corrected chi connectivity index (χ4v) is 3.28. The zero-order valence-corrected chi connectivity index (χ0v) is 14.3. The molecule has 0 radical (unpaired) electrons. The Balaban J connectivity index is 1.86. The van der Waals surface area contributed by atoms with Gasteiger partial charge < -0.3 is 14.2 Å². The molecule has 3 heterocycles. The van der Waals surface area contributed by atoms with Gasteiger partial charge in [-0.05, 0) is 19.1 Å². The Labute approximate surface area is 148 Å². The predicted molar refractivity (Wildman–Crippen MR) is 89.0 cm³/mol. The van der Waals surface area contributed by atoms with E-state index in [1.54, 1.807) is 26.2 Å². The summed E-state index contributed by atoms with van der Waals surface area (Å²) in [4.78, 5) is 14.3. The molecule has 0 aliphatic carbocycles. The van der Waals surface area contributed by atoms with Crippen LogP contribution in [0.2, 0.25) is 0 Å². The molecule has 9 heteroatoms.